The summed E-state index contributed by atoms with van der Waals surface area (Å²) in [6.45, 7) is 3.96. The SMILES string of the molecule is NC(=Nc1ccc(C2CCC(N3CCOCC3)CC2)cc1)Oc1ccccc1. The van der Waals surface area contributed by atoms with Crippen molar-refractivity contribution in [3.05, 3.63) is 60.2 Å². The highest BCUT2D eigenvalue weighted by molar-refractivity contribution is 5.77. The van der Waals surface area contributed by atoms with Crippen molar-refractivity contribution >= 4 is 11.7 Å². The first-order chi connectivity index (χ1) is 13.8. The molecule has 0 amide bonds. The van der Waals surface area contributed by atoms with E-state index in [1.165, 1.54) is 31.2 Å². The lowest BCUT2D eigenvalue weighted by Crippen LogP contribution is -2.44. The largest absolute Gasteiger partial charge is 0.426 e. The van der Waals surface area contributed by atoms with Crippen LogP contribution in [0.3, 0.4) is 0 Å². The van der Waals surface area contributed by atoms with Gasteiger partial charge in [-0.15, -0.1) is 0 Å². The molecule has 0 spiro atoms. The molecule has 0 bridgehead atoms. The summed E-state index contributed by atoms with van der Waals surface area (Å²) in [5.41, 5.74) is 8.14. The Kier molecular flexibility index (Phi) is 6.24. The van der Waals surface area contributed by atoms with Crippen molar-refractivity contribution in [2.24, 2.45) is 10.7 Å². The number of nitrogens with zero attached hydrogens (tertiary/aromatic N) is 2. The van der Waals surface area contributed by atoms with Gasteiger partial charge >= 0.3 is 0 Å². The van der Waals surface area contributed by atoms with Crippen LogP contribution in [-0.4, -0.2) is 43.3 Å². The minimum Gasteiger partial charge on any atom is -0.426 e. The average molecular weight is 380 g/mol. The molecule has 1 saturated carbocycles. The lowest BCUT2D eigenvalue weighted by molar-refractivity contribution is 0.00730. The molecular formula is C23H29N3O2. The predicted molar refractivity (Wildman–Crippen MR) is 112 cm³/mol. The van der Waals surface area contributed by atoms with Gasteiger partial charge in [-0.1, -0.05) is 30.3 Å². The molecule has 0 radical (unpaired) electrons. The molecule has 2 aliphatic rings. The summed E-state index contributed by atoms with van der Waals surface area (Å²) in [4.78, 5) is 6.99. The first-order valence-electron chi connectivity index (χ1n) is 10.3. The highest BCUT2D eigenvalue weighted by Gasteiger charge is 2.27. The van der Waals surface area contributed by atoms with Crippen molar-refractivity contribution in [3.63, 3.8) is 0 Å². The van der Waals surface area contributed by atoms with Gasteiger partial charge in [0.1, 0.15) is 5.75 Å². The molecule has 0 aromatic heterocycles. The van der Waals surface area contributed by atoms with E-state index in [4.69, 9.17) is 15.2 Å². The molecule has 2 aromatic carbocycles. The summed E-state index contributed by atoms with van der Waals surface area (Å²) in [6, 6.07) is 18.8. The quantitative estimate of drug-likeness (QED) is 0.643. The maximum absolute atomic E-state index is 5.92. The smallest absolute Gasteiger partial charge is 0.292 e. The summed E-state index contributed by atoms with van der Waals surface area (Å²) in [6.07, 6.45) is 5.07. The van der Waals surface area contributed by atoms with Gasteiger partial charge in [-0.3, -0.25) is 4.90 Å². The Bertz CT molecular complexity index is 762. The number of amidine groups is 1. The molecule has 1 saturated heterocycles. The third kappa shape index (κ3) is 4.91. The fourth-order valence-electron chi connectivity index (χ4n) is 4.30. The molecule has 148 valence electrons. The maximum atomic E-state index is 5.92. The first-order valence-corrected chi connectivity index (χ1v) is 10.3. The minimum absolute atomic E-state index is 0.157. The number of morpholine rings is 1. The Balaban J connectivity index is 1.31. The third-order valence-electron chi connectivity index (χ3n) is 5.83. The number of benzene rings is 2. The van der Waals surface area contributed by atoms with Crippen LogP contribution in [0.5, 0.6) is 5.75 Å². The average Bonchev–Trinajstić information content (AvgIpc) is 2.76. The summed E-state index contributed by atoms with van der Waals surface area (Å²) in [7, 11) is 0. The molecule has 5 nitrogen and oxygen atoms in total. The van der Waals surface area contributed by atoms with Crippen LogP contribution in [0, 0.1) is 0 Å². The van der Waals surface area contributed by atoms with Gasteiger partial charge in [-0.2, -0.15) is 4.99 Å². The molecule has 2 N–H and O–H groups in total. The Morgan fingerprint density at radius 3 is 2.29 bits per heavy atom. The van der Waals surface area contributed by atoms with Crippen LogP contribution in [-0.2, 0) is 4.74 Å². The van der Waals surface area contributed by atoms with E-state index < -0.39 is 0 Å². The summed E-state index contributed by atoms with van der Waals surface area (Å²) in [5, 5.41) is 0. The molecule has 2 fully saturated rings. The lowest BCUT2D eigenvalue weighted by Gasteiger charge is -2.38. The first kappa shape index (κ1) is 19.0. The van der Waals surface area contributed by atoms with Crippen molar-refractivity contribution in [2.45, 2.75) is 37.6 Å². The number of hydrogen-bond donors (Lipinski definition) is 1. The van der Waals surface area contributed by atoms with E-state index >= 15 is 0 Å². The van der Waals surface area contributed by atoms with Gasteiger partial charge in [0.05, 0.1) is 18.9 Å². The van der Waals surface area contributed by atoms with E-state index in [1.54, 1.807) is 0 Å². The van der Waals surface area contributed by atoms with Gasteiger partial charge in [-0.05, 0) is 61.4 Å². The Labute approximate surface area is 167 Å². The highest BCUT2D eigenvalue weighted by atomic mass is 16.5. The predicted octanol–water partition coefficient (Wildman–Crippen LogP) is 4.07. The number of nitrogens with two attached hydrogens (primary N) is 1. The van der Waals surface area contributed by atoms with Crippen molar-refractivity contribution in [2.75, 3.05) is 26.3 Å². The van der Waals surface area contributed by atoms with E-state index in [0.29, 0.717) is 11.7 Å². The Hall–Kier alpha value is -2.37. The van der Waals surface area contributed by atoms with Gasteiger partial charge in [0.2, 0.25) is 0 Å². The monoisotopic (exact) mass is 379 g/mol. The van der Waals surface area contributed by atoms with Crippen LogP contribution in [0.15, 0.2) is 59.6 Å². The van der Waals surface area contributed by atoms with Crippen molar-refractivity contribution < 1.29 is 9.47 Å². The molecule has 28 heavy (non-hydrogen) atoms. The lowest BCUT2D eigenvalue weighted by atomic mass is 9.81. The van der Waals surface area contributed by atoms with E-state index in [0.717, 1.165) is 38.0 Å². The second kappa shape index (κ2) is 9.22. The highest BCUT2D eigenvalue weighted by Crippen LogP contribution is 2.35. The second-order valence-corrected chi connectivity index (χ2v) is 7.61. The van der Waals surface area contributed by atoms with Crippen LogP contribution in [0.25, 0.3) is 0 Å². The van der Waals surface area contributed by atoms with E-state index in [-0.39, 0.29) is 6.02 Å². The molecule has 1 aliphatic heterocycles. The summed E-state index contributed by atoms with van der Waals surface area (Å²) < 4.78 is 11.0. The fourth-order valence-corrected chi connectivity index (χ4v) is 4.30. The zero-order chi connectivity index (χ0) is 19.2. The third-order valence-corrected chi connectivity index (χ3v) is 5.83. The number of para-hydroxylation sites is 1. The van der Waals surface area contributed by atoms with E-state index in [9.17, 15) is 0 Å². The second-order valence-electron chi connectivity index (χ2n) is 7.61. The van der Waals surface area contributed by atoms with Gasteiger partial charge in [-0.25, -0.2) is 0 Å². The van der Waals surface area contributed by atoms with Crippen LogP contribution in [0.2, 0.25) is 0 Å². The molecule has 1 heterocycles. The molecule has 0 atom stereocenters. The van der Waals surface area contributed by atoms with Crippen LogP contribution in [0.1, 0.15) is 37.2 Å². The summed E-state index contributed by atoms with van der Waals surface area (Å²) >= 11 is 0. The minimum atomic E-state index is 0.157. The Morgan fingerprint density at radius 2 is 1.61 bits per heavy atom. The molecule has 2 aromatic rings. The summed E-state index contributed by atoms with van der Waals surface area (Å²) in [5.74, 6) is 1.34. The number of ether oxygens (including phenoxy) is 2. The van der Waals surface area contributed by atoms with Crippen LogP contribution in [0.4, 0.5) is 5.69 Å². The molecule has 4 rings (SSSR count). The number of aliphatic imine (C=N–C) groups is 1. The zero-order valence-corrected chi connectivity index (χ0v) is 16.3. The van der Waals surface area contributed by atoms with Crippen molar-refractivity contribution in [3.8, 4) is 5.75 Å². The fraction of sp³-hybridized carbons (Fsp3) is 0.435. The standard InChI is InChI=1S/C23H29N3O2/c24-23(28-22-4-2-1-3-5-22)25-20-10-6-18(7-11-20)19-8-12-21(13-9-19)26-14-16-27-17-15-26/h1-7,10-11,19,21H,8-9,12-17H2,(H2,24,25). The van der Waals surface area contributed by atoms with Crippen LogP contribution >= 0.6 is 0 Å². The molecular weight excluding hydrogens is 350 g/mol. The van der Waals surface area contributed by atoms with E-state index in [1.807, 2.05) is 42.5 Å². The normalized spacial score (nSPS) is 24.1. The molecule has 1 aliphatic carbocycles. The van der Waals surface area contributed by atoms with Gasteiger partial charge in [0, 0.05) is 19.1 Å². The molecule has 5 heteroatoms. The maximum Gasteiger partial charge on any atom is 0.292 e. The van der Waals surface area contributed by atoms with Gasteiger partial charge in [0.25, 0.3) is 6.02 Å². The van der Waals surface area contributed by atoms with Crippen molar-refractivity contribution in [1.82, 2.24) is 4.90 Å². The van der Waals surface area contributed by atoms with Crippen LogP contribution < -0.4 is 10.5 Å². The Morgan fingerprint density at radius 1 is 0.929 bits per heavy atom. The van der Waals surface area contributed by atoms with Gasteiger partial charge < -0.3 is 15.2 Å². The zero-order valence-electron chi connectivity index (χ0n) is 16.3. The topological polar surface area (TPSA) is 60.1 Å². The van der Waals surface area contributed by atoms with E-state index in [2.05, 4.69) is 22.0 Å². The number of rotatable bonds is 4. The molecule has 0 unspecified atom stereocenters. The number of hydrogen-bond acceptors (Lipinski definition) is 4. The van der Waals surface area contributed by atoms with Crippen molar-refractivity contribution in [1.29, 1.82) is 0 Å². The van der Waals surface area contributed by atoms with Gasteiger partial charge in [0.15, 0.2) is 0 Å².